The van der Waals surface area contributed by atoms with Gasteiger partial charge < -0.3 is 16.0 Å². The van der Waals surface area contributed by atoms with Gasteiger partial charge in [-0.2, -0.15) is 0 Å². The molecule has 1 fully saturated rings. The third kappa shape index (κ3) is 4.44. The summed E-state index contributed by atoms with van der Waals surface area (Å²) in [6.45, 7) is 0.249. The molecule has 3 aromatic rings. The zero-order chi connectivity index (χ0) is 22.1. The van der Waals surface area contributed by atoms with Crippen LogP contribution in [0.15, 0.2) is 36.5 Å². The van der Waals surface area contributed by atoms with E-state index in [0.29, 0.717) is 27.1 Å². The van der Waals surface area contributed by atoms with Crippen LogP contribution in [0.4, 0.5) is 15.9 Å². The van der Waals surface area contributed by atoms with Crippen molar-refractivity contribution >= 4 is 46.5 Å². The van der Waals surface area contributed by atoms with E-state index in [1.807, 2.05) is 0 Å². The summed E-state index contributed by atoms with van der Waals surface area (Å²) in [5, 5.41) is 11.8. The molecule has 0 bridgehead atoms. The molecule has 2 amide bonds. The summed E-state index contributed by atoms with van der Waals surface area (Å²) in [6, 6.07) is 8.20. The first-order valence-corrected chi connectivity index (χ1v) is 9.92. The van der Waals surface area contributed by atoms with Crippen LogP contribution in [0, 0.1) is 0 Å². The van der Waals surface area contributed by atoms with Crippen molar-refractivity contribution < 1.29 is 14.0 Å². The number of anilines is 2. The second-order valence-electron chi connectivity index (χ2n) is 6.86. The number of primary amides is 1. The van der Waals surface area contributed by atoms with Gasteiger partial charge in [0.05, 0.1) is 41.4 Å². The van der Waals surface area contributed by atoms with E-state index in [0.717, 1.165) is 4.80 Å². The molecular weight excluding hydrogens is 448 g/mol. The van der Waals surface area contributed by atoms with Crippen LogP contribution in [0.1, 0.15) is 16.2 Å². The number of nitrogens with one attached hydrogen (secondary N) is 1. The van der Waals surface area contributed by atoms with Gasteiger partial charge in [-0.25, -0.2) is 4.39 Å². The monoisotopic (exact) mass is 463 g/mol. The van der Waals surface area contributed by atoms with Crippen LogP contribution in [0.5, 0.6) is 0 Å². The molecule has 0 saturated carbocycles. The van der Waals surface area contributed by atoms with E-state index < -0.39 is 12.1 Å². The van der Waals surface area contributed by atoms with Gasteiger partial charge in [-0.15, -0.1) is 15.0 Å². The first-order chi connectivity index (χ1) is 14.8. The number of hydrogen-bond acceptors (Lipinski definition) is 6. The van der Waals surface area contributed by atoms with Gasteiger partial charge in [0.15, 0.2) is 11.5 Å². The number of benzene rings is 1. The molecule has 1 aliphatic heterocycles. The molecule has 3 heterocycles. The minimum Gasteiger partial charge on any atom is -0.364 e. The number of hydrogen-bond donors (Lipinski definition) is 2. The summed E-state index contributed by atoms with van der Waals surface area (Å²) in [7, 11) is 0. The van der Waals surface area contributed by atoms with Gasteiger partial charge in [0.25, 0.3) is 5.91 Å². The van der Waals surface area contributed by atoms with Crippen molar-refractivity contribution in [2.24, 2.45) is 5.73 Å². The molecule has 0 atom stereocenters. The fourth-order valence-corrected chi connectivity index (χ4v) is 3.52. The maximum absolute atomic E-state index is 12.9. The summed E-state index contributed by atoms with van der Waals surface area (Å²) >= 11 is 12.4. The molecule has 1 saturated heterocycles. The van der Waals surface area contributed by atoms with Crippen LogP contribution in [0.25, 0.3) is 5.69 Å². The number of nitrogens with two attached hydrogens (primary N) is 1. The van der Waals surface area contributed by atoms with Crippen molar-refractivity contribution in [2.75, 3.05) is 18.4 Å². The number of pyridine rings is 1. The lowest BCUT2D eigenvalue weighted by molar-refractivity contribution is -0.137. The lowest BCUT2D eigenvalue weighted by Crippen LogP contribution is -2.52. The molecule has 0 radical (unpaired) electrons. The molecule has 0 spiro atoms. The van der Waals surface area contributed by atoms with Gasteiger partial charge in [0, 0.05) is 5.69 Å². The first-order valence-electron chi connectivity index (χ1n) is 9.17. The molecule has 160 valence electrons. The zero-order valence-corrected chi connectivity index (χ0v) is 17.4. The number of carbonyl (C=O) groups is 2. The van der Waals surface area contributed by atoms with Gasteiger partial charge in [0.1, 0.15) is 11.9 Å². The summed E-state index contributed by atoms with van der Waals surface area (Å²) < 4.78 is 12.9. The van der Waals surface area contributed by atoms with Gasteiger partial charge >= 0.3 is 0 Å². The van der Waals surface area contributed by atoms with Crippen molar-refractivity contribution in [1.82, 2.24) is 24.9 Å². The Morgan fingerprint density at radius 2 is 1.87 bits per heavy atom. The van der Waals surface area contributed by atoms with E-state index in [-0.39, 0.29) is 36.9 Å². The summed E-state index contributed by atoms with van der Waals surface area (Å²) in [4.78, 5) is 30.7. The molecule has 0 aliphatic carbocycles. The van der Waals surface area contributed by atoms with Crippen LogP contribution in [-0.2, 0) is 11.2 Å². The predicted molar refractivity (Wildman–Crippen MR) is 113 cm³/mol. The van der Waals surface area contributed by atoms with E-state index in [2.05, 4.69) is 20.5 Å². The maximum atomic E-state index is 12.9. The highest BCUT2D eigenvalue weighted by Gasteiger charge is 2.30. The highest BCUT2D eigenvalue weighted by molar-refractivity contribution is 6.37. The molecule has 31 heavy (non-hydrogen) atoms. The van der Waals surface area contributed by atoms with Crippen LogP contribution >= 0.6 is 23.2 Å². The highest BCUT2D eigenvalue weighted by atomic mass is 35.5. The number of aromatic nitrogens is 4. The van der Waals surface area contributed by atoms with E-state index in [1.54, 1.807) is 30.3 Å². The first kappa shape index (κ1) is 21.0. The number of rotatable bonds is 6. The molecule has 9 nitrogen and oxygen atoms in total. The average Bonchev–Trinajstić information content (AvgIpc) is 3.10. The Morgan fingerprint density at radius 3 is 2.45 bits per heavy atom. The van der Waals surface area contributed by atoms with Crippen molar-refractivity contribution in [3.05, 3.63) is 58.0 Å². The normalized spacial score (nSPS) is 13.7. The fraction of sp³-hybridized carbons (Fsp3) is 0.211. The van der Waals surface area contributed by atoms with Gasteiger partial charge in [0.2, 0.25) is 5.91 Å². The van der Waals surface area contributed by atoms with Gasteiger partial charge in [-0.1, -0.05) is 29.3 Å². The Balaban J connectivity index is 1.53. The largest absolute Gasteiger partial charge is 0.364 e. The predicted octanol–water partition coefficient (Wildman–Crippen LogP) is 2.53. The molecule has 1 aromatic carbocycles. The zero-order valence-electron chi connectivity index (χ0n) is 15.9. The number of carbonyl (C=O) groups excluding carboxylic acids is 2. The molecule has 3 N–H and O–H groups in total. The van der Waals surface area contributed by atoms with E-state index in [9.17, 15) is 14.0 Å². The van der Waals surface area contributed by atoms with Crippen molar-refractivity contribution in [1.29, 1.82) is 0 Å². The molecule has 12 heteroatoms. The maximum Gasteiger partial charge on any atom is 0.273 e. The lowest BCUT2D eigenvalue weighted by atomic mass is 10.1. The molecule has 4 rings (SSSR count). The van der Waals surface area contributed by atoms with Crippen LogP contribution in [-0.4, -0.2) is 56.0 Å². The second kappa shape index (κ2) is 8.48. The summed E-state index contributed by atoms with van der Waals surface area (Å²) in [6.07, 6.45) is 0.598. The van der Waals surface area contributed by atoms with Crippen molar-refractivity contribution in [2.45, 2.75) is 12.6 Å². The highest BCUT2D eigenvalue weighted by Crippen LogP contribution is 2.28. The standard InChI is InChI=1S/C19H16Cl2FN7O2/c20-13-2-1-3-14(21)17(13)29-26-16(18(23)31)19(27-29)25-12-5-4-11(24-7-12)6-15(30)28-8-10(22)9-28/h1-5,7,10H,6,8-9H2,(H2,23,31)(H,25,27). The summed E-state index contributed by atoms with van der Waals surface area (Å²) in [5.41, 5.74) is 6.63. The van der Waals surface area contributed by atoms with Crippen molar-refractivity contribution in [3.63, 3.8) is 0 Å². The molecular formula is C19H16Cl2FN7O2. The number of alkyl halides is 1. The third-order valence-corrected chi connectivity index (χ3v) is 5.20. The topological polar surface area (TPSA) is 119 Å². The SMILES string of the molecule is NC(=O)c1nn(-c2c(Cl)cccc2Cl)nc1Nc1ccc(CC(=O)N2CC(F)C2)nc1. The molecule has 0 unspecified atom stereocenters. The Bertz CT molecular complexity index is 1130. The van der Waals surface area contributed by atoms with E-state index >= 15 is 0 Å². The number of nitrogens with zero attached hydrogens (tertiary/aromatic N) is 5. The van der Waals surface area contributed by atoms with Crippen LogP contribution in [0.3, 0.4) is 0 Å². The molecule has 2 aromatic heterocycles. The average molecular weight is 464 g/mol. The van der Waals surface area contributed by atoms with E-state index in [1.165, 1.54) is 11.1 Å². The molecule has 1 aliphatic rings. The Hall–Kier alpha value is -3.24. The van der Waals surface area contributed by atoms with Crippen molar-refractivity contribution in [3.8, 4) is 5.69 Å². The second-order valence-corrected chi connectivity index (χ2v) is 7.67. The fourth-order valence-electron chi connectivity index (χ4n) is 2.97. The number of amides is 2. The van der Waals surface area contributed by atoms with E-state index in [4.69, 9.17) is 28.9 Å². The number of likely N-dealkylation sites (tertiary alicyclic amines) is 1. The summed E-state index contributed by atoms with van der Waals surface area (Å²) in [5.74, 6) is -0.894. The third-order valence-electron chi connectivity index (χ3n) is 4.59. The van der Waals surface area contributed by atoms with Crippen LogP contribution in [0.2, 0.25) is 10.0 Å². The minimum absolute atomic E-state index is 0.0702. The number of halogens is 3. The smallest absolute Gasteiger partial charge is 0.273 e. The Morgan fingerprint density at radius 1 is 1.16 bits per heavy atom. The Kier molecular flexibility index (Phi) is 5.75. The Labute approximate surface area is 185 Å². The minimum atomic E-state index is -0.947. The van der Waals surface area contributed by atoms with Gasteiger partial charge in [-0.05, 0) is 24.3 Å². The quantitative estimate of drug-likeness (QED) is 0.579. The van der Waals surface area contributed by atoms with Gasteiger partial charge in [-0.3, -0.25) is 14.6 Å². The lowest BCUT2D eigenvalue weighted by Gasteiger charge is -2.34. The number of para-hydroxylation sites is 1. The van der Waals surface area contributed by atoms with Crippen LogP contribution < -0.4 is 11.1 Å².